The molecule has 1 saturated heterocycles. The van der Waals surface area contributed by atoms with Crippen molar-refractivity contribution in [2.24, 2.45) is 5.73 Å². The number of nitrogens with zero attached hydrogens (tertiary/aromatic N) is 2. The van der Waals surface area contributed by atoms with Crippen LogP contribution < -0.4 is 10.6 Å². The minimum atomic E-state index is -0.643. The lowest BCUT2D eigenvalue weighted by Gasteiger charge is -2.28. The number of aromatic nitrogens is 1. The normalized spacial score (nSPS) is 17.4. The fraction of sp³-hybridized carbons (Fsp3) is 0.583. The average Bonchev–Trinajstić information content (AvgIpc) is 2.39. The lowest BCUT2D eigenvalue weighted by molar-refractivity contribution is 0.672. The van der Waals surface area contributed by atoms with Crippen LogP contribution in [0, 0.1) is 0 Å². The molecule has 2 rings (SSSR count). The molecule has 1 aromatic heterocycles. The Balaban J connectivity index is 2.22. The Labute approximate surface area is 105 Å². The van der Waals surface area contributed by atoms with Gasteiger partial charge >= 0.3 is 0 Å². The second-order valence-corrected chi connectivity index (χ2v) is 5.91. The van der Waals surface area contributed by atoms with Gasteiger partial charge in [-0.05, 0) is 24.1 Å². The Kier molecular flexibility index (Phi) is 4.12. The third-order valence-electron chi connectivity index (χ3n) is 3.02. The van der Waals surface area contributed by atoms with E-state index in [1.54, 1.807) is 0 Å². The topological polar surface area (TPSA) is 59.2 Å². The highest BCUT2D eigenvalue weighted by atomic mass is 32.2. The Morgan fingerprint density at radius 1 is 1.41 bits per heavy atom. The Morgan fingerprint density at radius 3 is 2.71 bits per heavy atom. The van der Waals surface area contributed by atoms with Gasteiger partial charge in [0.2, 0.25) is 0 Å². The zero-order valence-corrected chi connectivity index (χ0v) is 11.0. The summed E-state index contributed by atoms with van der Waals surface area (Å²) < 4.78 is 11.3. The van der Waals surface area contributed by atoms with Crippen molar-refractivity contribution in [2.75, 3.05) is 29.5 Å². The smallest absolute Gasteiger partial charge is 0.129 e. The lowest BCUT2D eigenvalue weighted by Crippen LogP contribution is -2.38. The van der Waals surface area contributed by atoms with Crippen LogP contribution in [0.15, 0.2) is 12.1 Å². The van der Waals surface area contributed by atoms with Crippen LogP contribution in [0.1, 0.15) is 18.2 Å². The summed E-state index contributed by atoms with van der Waals surface area (Å²) in [6, 6.07) is 4.11. The van der Waals surface area contributed by atoms with Gasteiger partial charge in [-0.3, -0.25) is 4.21 Å². The summed E-state index contributed by atoms with van der Waals surface area (Å²) in [5, 5.41) is 0. The molecule has 0 bridgehead atoms. The van der Waals surface area contributed by atoms with Gasteiger partial charge < -0.3 is 10.6 Å². The highest BCUT2D eigenvalue weighted by Crippen LogP contribution is 2.17. The van der Waals surface area contributed by atoms with Gasteiger partial charge in [-0.25, -0.2) is 4.98 Å². The lowest BCUT2D eigenvalue weighted by atomic mass is 10.2. The summed E-state index contributed by atoms with van der Waals surface area (Å²) in [6.45, 7) is 4.30. The summed E-state index contributed by atoms with van der Waals surface area (Å²) in [5.41, 5.74) is 7.90. The summed E-state index contributed by atoms with van der Waals surface area (Å²) >= 11 is 0. The van der Waals surface area contributed by atoms with Crippen LogP contribution in [0.3, 0.4) is 0 Å². The quantitative estimate of drug-likeness (QED) is 0.860. The summed E-state index contributed by atoms with van der Waals surface area (Å²) in [7, 11) is -0.643. The van der Waals surface area contributed by atoms with Crippen LogP contribution in [-0.2, 0) is 23.8 Å². The number of pyridine rings is 1. The van der Waals surface area contributed by atoms with Gasteiger partial charge in [0.25, 0.3) is 0 Å². The van der Waals surface area contributed by atoms with E-state index in [-0.39, 0.29) is 0 Å². The molecule has 0 radical (unpaired) electrons. The van der Waals surface area contributed by atoms with Gasteiger partial charge in [0, 0.05) is 47.6 Å². The molecule has 2 N–H and O–H groups in total. The molecule has 4 nitrogen and oxygen atoms in total. The Hall–Kier alpha value is -0.940. The van der Waals surface area contributed by atoms with E-state index < -0.39 is 10.8 Å². The van der Waals surface area contributed by atoms with Crippen molar-refractivity contribution < 1.29 is 4.21 Å². The molecular weight excluding hydrogens is 234 g/mol. The van der Waals surface area contributed by atoms with E-state index in [4.69, 9.17) is 5.73 Å². The third kappa shape index (κ3) is 3.04. The molecule has 1 aliphatic rings. The number of aryl methyl sites for hydroxylation is 1. The van der Waals surface area contributed by atoms with Crippen LogP contribution in [0.4, 0.5) is 5.82 Å². The first-order valence-corrected chi connectivity index (χ1v) is 7.51. The predicted octanol–water partition coefficient (Wildman–Crippen LogP) is 0.671. The summed E-state index contributed by atoms with van der Waals surface area (Å²) in [6.07, 6.45) is 0.917. The maximum absolute atomic E-state index is 11.3. The first kappa shape index (κ1) is 12.5. The molecule has 94 valence electrons. The van der Waals surface area contributed by atoms with Crippen molar-refractivity contribution in [1.82, 2.24) is 4.98 Å². The predicted molar refractivity (Wildman–Crippen MR) is 71.6 cm³/mol. The van der Waals surface area contributed by atoms with Gasteiger partial charge in [-0.2, -0.15) is 0 Å². The minimum absolute atomic E-state index is 0.544. The average molecular weight is 253 g/mol. The van der Waals surface area contributed by atoms with Crippen molar-refractivity contribution in [3.05, 3.63) is 23.4 Å². The fourth-order valence-electron chi connectivity index (χ4n) is 1.96. The highest BCUT2D eigenvalue weighted by molar-refractivity contribution is 7.85. The van der Waals surface area contributed by atoms with E-state index >= 15 is 0 Å². The van der Waals surface area contributed by atoms with Gasteiger partial charge in [0.05, 0.1) is 0 Å². The zero-order chi connectivity index (χ0) is 12.3. The van der Waals surface area contributed by atoms with Gasteiger partial charge in [0.15, 0.2) is 0 Å². The van der Waals surface area contributed by atoms with Crippen molar-refractivity contribution in [3.63, 3.8) is 0 Å². The number of hydrogen-bond acceptors (Lipinski definition) is 4. The molecule has 0 aromatic carbocycles. The largest absolute Gasteiger partial charge is 0.355 e. The van der Waals surface area contributed by atoms with Crippen LogP contribution in [0.5, 0.6) is 0 Å². The maximum Gasteiger partial charge on any atom is 0.129 e. The molecule has 0 unspecified atom stereocenters. The number of anilines is 1. The van der Waals surface area contributed by atoms with E-state index in [0.717, 1.165) is 48.1 Å². The molecule has 5 heteroatoms. The number of hydrogen-bond donors (Lipinski definition) is 1. The first-order chi connectivity index (χ1) is 8.22. The third-order valence-corrected chi connectivity index (χ3v) is 4.30. The van der Waals surface area contributed by atoms with E-state index in [0.29, 0.717) is 6.54 Å². The highest BCUT2D eigenvalue weighted by Gasteiger charge is 2.17. The van der Waals surface area contributed by atoms with Crippen LogP contribution in [0.25, 0.3) is 0 Å². The molecule has 0 aliphatic carbocycles. The van der Waals surface area contributed by atoms with Gasteiger partial charge in [-0.15, -0.1) is 0 Å². The summed E-state index contributed by atoms with van der Waals surface area (Å²) in [5.74, 6) is 2.48. The molecule has 1 aliphatic heterocycles. The van der Waals surface area contributed by atoms with Crippen LogP contribution in [0.2, 0.25) is 0 Å². The Bertz CT molecular complexity index is 390. The van der Waals surface area contributed by atoms with Crippen molar-refractivity contribution in [1.29, 1.82) is 0 Å². The SMILES string of the molecule is CCc1cc(CN)cc(N2CCS(=O)CC2)n1. The number of nitrogens with two attached hydrogens (primary N) is 1. The standard InChI is InChI=1S/C12H19N3OS/c1-2-11-7-10(9-13)8-12(14-11)15-3-5-17(16)6-4-15/h7-8H,2-6,9,13H2,1H3. The van der Waals surface area contributed by atoms with E-state index in [1.807, 2.05) is 6.07 Å². The zero-order valence-electron chi connectivity index (χ0n) is 10.2. The molecule has 0 spiro atoms. The molecule has 2 heterocycles. The Morgan fingerprint density at radius 2 is 2.12 bits per heavy atom. The molecule has 17 heavy (non-hydrogen) atoms. The molecule has 0 amide bonds. The molecule has 1 fully saturated rings. The van der Waals surface area contributed by atoms with Crippen molar-refractivity contribution in [2.45, 2.75) is 19.9 Å². The molecule has 0 saturated carbocycles. The van der Waals surface area contributed by atoms with Crippen molar-refractivity contribution >= 4 is 16.6 Å². The monoisotopic (exact) mass is 253 g/mol. The van der Waals surface area contributed by atoms with Gasteiger partial charge in [-0.1, -0.05) is 6.92 Å². The second kappa shape index (κ2) is 5.60. The maximum atomic E-state index is 11.3. The van der Waals surface area contributed by atoms with Gasteiger partial charge in [0.1, 0.15) is 5.82 Å². The fourth-order valence-corrected chi connectivity index (χ4v) is 3.01. The summed E-state index contributed by atoms with van der Waals surface area (Å²) in [4.78, 5) is 6.83. The first-order valence-electron chi connectivity index (χ1n) is 6.02. The van der Waals surface area contributed by atoms with Crippen molar-refractivity contribution in [3.8, 4) is 0 Å². The van der Waals surface area contributed by atoms with E-state index in [2.05, 4.69) is 22.9 Å². The minimum Gasteiger partial charge on any atom is -0.355 e. The second-order valence-electron chi connectivity index (χ2n) is 4.22. The molecular formula is C12H19N3OS. The van der Waals surface area contributed by atoms with Crippen LogP contribution in [-0.4, -0.2) is 33.8 Å². The molecule has 1 aromatic rings. The van der Waals surface area contributed by atoms with E-state index in [9.17, 15) is 4.21 Å². The number of rotatable bonds is 3. The molecule has 0 atom stereocenters. The van der Waals surface area contributed by atoms with Crippen LogP contribution >= 0.6 is 0 Å². The van der Waals surface area contributed by atoms with E-state index in [1.165, 1.54) is 0 Å².